The Balaban J connectivity index is 5.53. The summed E-state index contributed by atoms with van der Waals surface area (Å²) in [5, 5.41) is 42.4. The number of hydrogen-bond donors (Lipinski definition) is 9. The smallest absolute Gasteiger partial charge is 0.326 e. The molecule has 0 saturated carbocycles. The fourth-order valence-corrected chi connectivity index (χ4v) is 2.41. The third-order valence-corrected chi connectivity index (χ3v) is 4.10. The van der Waals surface area contributed by atoms with Gasteiger partial charge in [-0.05, 0) is 13.3 Å². The van der Waals surface area contributed by atoms with Crippen LogP contribution in [0.3, 0.4) is 0 Å². The number of hydrogen-bond acceptors (Lipinski definition) is 9. The Morgan fingerprint density at radius 1 is 0.788 bits per heavy atom. The van der Waals surface area contributed by atoms with Crippen LogP contribution in [-0.2, 0) is 33.6 Å². The van der Waals surface area contributed by atoms with Crippen molar-refractivity contribution in [3.63, 3.8) is 0 Å². The highest BCUT2D eigenvalue weighted by Crippen LogP contribution is 2.04. The van der Waals surface area contributed by atoms with E-state index in [4.69, 9.17) is 26.8 Å². The Morgan fingerprint density at radius 2 is 1.30 bits per heavy atom. The molecule has 0 rings (SSSR count). The Bertz CT molecular complexity index is 785. The largest absolute Gasteiger partial charge is 0.481 e. The van der Waals surface area contributed by atoms with Gasteiger partial charge in [0.15, 0.2) is 0 Å². The van der Waals surface area contributed by atoms with Crippen LogP contribution in [0.4, 0.5) is 0 Å². The first-order valence-corrected chi connectivity index (χ1v) is 9.45. The summed E-state index contributed by atoms with van der Waals surface area (Å²) < 4.78 is 0. The lowest BCUT2D eigenvalue weighted by Crippen LogP contribution is -2.60. The molecule has 5 unspecified atom stereocenters. The minimum atomic E-state index is -1.86. The number of nitrogens with two attached hydrogens (primary N) is 2. The molecule has 0 aromatic carbocycles. The third-order valence-electron chi connectivity index (χ3n) is 4.10. The first-order chi connectivity index (χ1) is 15.1. The van der Waals surface area contributed by atoms with E-state index >= 15 is 0 Å². The summed E-state index contributed by atoms with van der Waals surface area (Å²) in [6, 6.07) is -6.73. The molecule has 0 aliphatic carbocycles. The summed E-state index contributed by atoms with van der Waals surface area (Å²) >= 11 is 0. The van der Waals surface area contributed by atoms with E-state index in [9.17, 15) is 38.7 Å². The fourth-order valence-electron chi connectivity index (χ4n) is 2.41. The number of carbonyl (C=O) groups is 7. The zero-order chi connectivity index (χ0) is 25.9. The first-order valence-electron chi connectivity index (χ1n) is 9.45. The second kappa shape index (κ2) is 13.6. The van der Waals surface area contributed by atoms with Crippen molar-refractivity contribution in [2.75, 3.05) is 0 Å². The van der Waals surface area contributed by atoms with Gasteiger partial charge < -0.3 is 47.8 Å². The summed E-state index contributed by atoms with van der Waals surface area (Å²) in [6.45, 7) is 1.10. The molecule has 5 atom stereocenters. The van der Waals surface area contributed by atoms with Crippen molar-refractivity contribution in [1.82, 2.24) is 16.0 Å². The minimum Gasteiger partial charge on any atom is -0.481 e. The maximum absolute atomic E-state index is 12.6. The number of aliphatic carboxylic acids is 3. The molecular formula is C17H27N5O11. The summed E-state index contributed by atoms with van der Waals surface area (Å²) in [5.41, 5.74) is 10.4. The molecule has 33 heavy (non-hydrogen) atoms. The molecule has 11 N–H and O–H groups in total. The summed E-state index contributed by atoms with van der Waals surface area (Å²) in [5.74, 6) is -8.89. The van der Waals surface area contributed by atoms with Gasteiger partial charge in [-0.1, -0.05) is 0 Å². The molecule has 0 fully saturated rings. The van der Waals surface area contributed by atoms with Crippen LogP contribution in [0.5, 0.6) is 0 Å². The van der Waals surface area contributed by atoms with E-state index in [1.807, 2.05) is 10.6 Å². The van der Waals surface area contributed by atoms with Gasteiger partial charge in [0, 0.05) is 6.42 Å². The molecule has 4 amide bonds. The zero-order valence-electron chi connectivity index (χ0n) is 17.5. The molecular weight excluding hydrogens is 450 g/mol. The van der Waals surface area contributed by atoms with Crippen LogP contribution in [0.1, 0.15) is 32.6 Å². The molecule has 0 aromatic rings. The molecule has 0 spiro atoms. The third kappa shape index (κ3) is 11.4. The number of aliphatic hydroxyl groups is 1. The SMILES string of the molecule is CC(O)C(NC(=O)C(N)CC(=O)O)C(=O)NC(CCC(N)=O)C(=O)NC(CC(=O)O)C(=O)O. The molecule has 0 aromatic heterocycles. The number of carboxylic acid groups (broad SMARTS) is 3. The van der Waals surface area contributed by atoms with Crippen LogP contribution in [0.2, 0.25) is 0 Å². The summed E-state index contributed by atoms with van der Waals surface area (Å²) in [6.07, 6.45) is -4.17. The van der Waals surface area contributed by atoms with Gasteiger partial charge in [0.25, 0.3) is 0 Å². The highest BCUT2D eigenvalue weighted by atomic mass is 16.4. The van der Waals surface area contributed by atoms with E-state index in [2.05, 4.69) is 5.32 Å². The normalized spacial score (nSPS) is 15.1. The predicted molar refractivity (Wildman–Crippen MR) is 106 cm³/mol. The highest BCUT2D eigenvalue weighted by Gasteiger charge is 2.33. The average molecular weight is 477 g/mol. The van der Waals surface area contributed by atoms with E-state index < -0.39 is 97.5 Å². The van der Waals surface area contributed by atoms with Crippen molar-refractivity contribution in [3.8, 4) is 0 Å². The van der Waals surface area contributed by atoms with Gasteiger partial charge in [-0.2, -0.15) is 0 Å². The first kappa shape index (κ1) is 29.2. The average Bonchev–Trinajstić information content (AvgIpc) is 2.66. The van der Waals surface area contributed by atoms with E-state index in [1.165, 1.54) is 0 Å². The second-order valence-electron chi connectivity index (χ2n) is 6.99. The van der Waals surface area contributed by atoms with E-state index in [0.717, 1.165) is 6.92 Å². The topological polar surface area (TPSA) is 289 Å². The van der Waals surface area contributed by atoms with Crippen LogP contribution >= 0.6 is 0 Å². The molecule has 0 radical (unpaired) electrons. The van der Waals surface area contributed by atoms with Gasteiger partial charge in [0.05, 0.1) is 25.0 Å². The van der Waals surface area contributed by atoms with Crippen molar-refractivity contribution < 1.29 is 54.0 Å². The lowest BCUT2D eigenvalue weighted by atomic mass is 10.1. The van der Waals surface area contributed by atoms with Crippen LogP contribution < -0.4 is 27.4 Å². The lowest BCUT2D eigenvalue weighted by Gasteiger charge is -2.26. The lowest BCUT2D eigenvalue weighted by molar-refractivity contribution is -0.147. The van der Waals surface area contributed by atoms with Crippen LogP contribution in [0.15, 0.2) is 0 Å². The van der Waals surface area contributed by atoms with Crippen molar-refractivity contribution in [3.05, 3.63) is 0 Å². The van der Waals surface area contributed by atoms with Gasteiger partial charge >= 0.3 is 17.9 Å². The second-order valence-corrected chi connectivity index (χ2v) is 6.99. The van der Waals surface area contributed by atoms with Gasteiger partial charge in [-0.3, -0.25) is 28.8 Å². The van der Waals surface area contributed by atoms with Crippen LogP contribution in [0, 0.1) is 0 Å². The standard InChI is InChI=1S/C17H27N5O11/c1-6(23)13(22-14(29)7(18)4-11(25)26)16(31)20-8(2-3-10(19)24)15(30)21-9(17(32)33)5-12(27)28/h6-9,13,23H,2-5,18H2,1H3,(H2,19,24)(H,20,31)(H,21,30)(H,22,29)(H,25,26)(H,27,28)(H,32,33). The van der Waals surface area contributed by atoms with Gasteiger partial charge in [-0.15, -0.1) is 0 Å². The highest BCUT2D eigenvalue weighted by molar-refractivity contribution is 5.95. The number of nitrogens with one attached hydrogen (secondary N) is 3. The number of aliphatic hydroxyl groups excluding tert-OH is 1. The molecule has 0 saturated heterocycles. The molecule has 0 aliphatic heterocycles. The van der Waals surface area contributed by atoms with Crippen molar-refractivity contribution >= 4 is 41.5 Å². The Kier molecular flexibility index (Phi) is 12.0. The maximum atomic E-state index is 12.6. The van der Waals surface area contributed by atoms with Crippen molar-refractivity contribution in [1.29, 1.82) is 0 Å². The molecule has 16 nitrogen and oxygen atoms in total. The molecule has 0 aliphatic rings. The monoisotopic (exact) mass is 477 g/mol. The number of rotatable bonds is 15. The Hall–Kier alpha value is -3.79. The minimum absolute atomic E-state index is 0.425. The van der Waals surface area contributed by atoms with Gasteiger partial charge in [-0.25, -0.2) is 4.79 Å². The van der Waals surface area contributed by atoms with Gasteiger partial charge in [0.1, 0.15) is 18.1 Å². The number of primary amides is 1. The van der Waals surface area contributed by atoms with E-state index in [0.29, 0.717) is 0 Å². The van der Waals surface area contributed by atoms with E-state index in [1.54, 1.807) is 0 Å². The van der Waals surface area contributed by atoms with Crippen LogP contribution in [-0.4, -0.2) is 92.2 Å². The molecule has 0 heterocycles. The Labute approximate surface area is 186 Å². The molecule has 16 heteroatoms. The summed E-state index contributed by atoms with van der Waals surface area (Å²) in [7, 11) is 0. The maximum Gasteiger partial charge on any atom is 0.326 e. The number of amides is 4. The number of carbonyl (C=O) groups excluding carboxylic acids is 4. The molecule has 0 bridgehead atoms. The van der Waals surface area contributed by atoms with Crippen molar-refractivity contribution in [2.45, 2.75) is 62.9 Å². The summed E-state index contributed by atoms with van der Waals surface area (Å²) in [4.78, 5) is 80.7. The fraction of sp³-hybridized carbons (Fsp3) is 0.588. The van der Waals surface area contributed by atoms with Crippen molar-refractivity contribution in [2.24, 2.45) is 11.5 Å². The number of carboxylic acids is 3. The molecule has 186 valence electrons. The van der Waals surface area contributed by atoms with E-state index in [-0.39, 0.29) is 0 Å². The van der Waals surface area contributed by atoms with Gasteiger partial charge in [0.2, 0.25) is 23.6 Å². The predicted octanol–water partition coefficient (Wildman–Crippen LogP) is -4.55. The quantitative estimate of drug-likeness (QED) is 0.108. The zero-order valence-corrected chi connectivity index (χ0v) is 17.5. The Morgan fingerprint density at radius 3 is 1.73 bits per heavy atom. The van der Waals surface area contributed by atoms with Crippen LogP contribution in [0.25, 0.3) is 0 Å².